The van der Waals surface area contributed by atoms with Gasteiger partial charge >= 0.3 is 0 Å². The Morgan fingerprint density at radius 1 is 1.33 bits per heavy atom. The normalized spacial score (nSPS) is 11.3. The summed E-state index contributed by atoms with van der Waals surface area (Å²) in [7, 11) is -3.56. The number of ketones is 1. The molecule has 0 amide bonds. The van der Waals surface area contributed by atoms with Crippen molar-refractivity contribution in [3.63, 3.8) is 0 Å². The molecule has 0 aliphatic carbocycles. The minimum Gasteiger partial charge on any atom is -0.294 e. The van der Waals surface area contributed by atoms with Crippen molar-refractivity contribution in [2.45, 2.75) is 18.7 Å². The van der Waals surface area contributed by atoms with E-state index in [-0.39, 0.29) is 16.2 Å². The molecule has 0 spiro atoms. The summed E-state index contributed by atoms with van der Waals surface area (Å²) < 4.78 is 25.7. The number of Topliss-reactive ketones (excluding diaryl/α,β-unsaturated/α-hetero) is 1. The lowest BCUT2D eigenvalue weighted by Crippen LogP contribution is -2.24. The van der Waals surface area contributed by atoms with Gasteiger partial charge in [0.05, 0.1) is 4.90 Å². The maximum absolute atomic E-state index is 11.7. The minimum atomic E-state index is -3.56. The first kappa shape index (κ1) is 11.9. The van der Waals surface area contributed by atoms with Crippen molar-refractivity contribution in [2.24, 2.45) is 0 Å². The molecule has 0 unspecified atom stereocenters. The highest BCUT2D eigenvalue weighted by atomic mass is 32.2. The molecule has 0 bridgehead atoms. The van der Waals surface area contributed by atoms with Gasteiger partial charge in [-0.05, 0) is 13.0 Å². The lowest BCUT2D eigenvalue weighted by Gasteiger charge is -2.07. The van der Waals surface area contributed by atoms with Gasteiger partial charge in [-0.15, -0.1) is 0 Å². The van der Waals surface area contributed by atoms with Crippen molar-refractivity contribution in [3.05, 3.63) is 29.8 Å². The van der Waals surface area contributed by atoms with E-state index in [4.69, 9.17) is 0 Å². The van der Waals surface area contributed by atoms with Gasteiger partial charge in [0.25, 0.3) is 0 Å². The van der Waals surface area contributed by atoms with Gasteiger partial charge in [0.1, 0.15) is 0 Å². The molecule has 0 aromatic heterocycles. The van der Waals surface area contributed by atoms with Crippen molar-refractivity contribution in [1.29, 1.82) is 0 Å². The second-order valence-corrected chi connectivity index (χ2v) is 4.79. The molecular formula is C10H13NO3S. The summed E-state index contributed by atoms with van der Waals surface area (Å²) in [5.74, 6) is -0.257. The van der Waals surface area contributed by atoms with Crippen LogP contribution in [0.3, 0.4) is 0 Å². The fourth-order valence-corrected chi connectivity index (χ4v) is 2.55. The van der Waals surface area contributed by atoms with E-state index >= 15 is 0 Å². The number of nitrogens with one attached hydrogen (secondary N) is 1. The Labute approximate surface area is 89.4 Å². The third-order valence-electron chi connectivity index (χ3n) is 1.89. The summed E-state index contributed by atoms with van der Waals surface area (Å²) >= 11 is 0. The van der Waals surface area contributed by atoms with Gasteiger partial charge in [-0.3, -0.25) is 4.79 Å². The molecule has 0 fully saturated rings. The number of benzene rings is 1. The zero-order valence-electron chi connectivity index (χ0n) is 8.65. The van der Waals surface area contributed by atoms with Crippen LogP contribution in [0, 0.1) is 0 Å². The zero-order valence-corrected chi connectivity index (χ0v) is 9.47. The summed E-state index contributed by atoms with van der Waals surface area (Å²) in [6.07, 6.45) is 0. The van der Waals surface area contributed by atoms with Gasteiger partial charge in [0.2, 0.25) is 10.0 Å². The van der Waals surface area contributed by atoms with Crippen molar-refractivity contribution < 1.29 is 13.2 Å². The molecule has 1 N–H and O–H groups in total. The van der Waals surface area contributed by atoms with Crippen LogP contribution in [0.5, 0.6) is 0 Å². The maximum atomic E-state index is 11.7. The van der Waals surface area contributed by atoms with Gasteiger partial charge < -0.3 is 0 Å². The summed E-state index contributed by atoms with van der Waals surface area (Å²) in [5, 5.41) is 0. The minimum absolute atomic E-state index is 0.0411. The highest BCUT2D eigenvalue weighted by molar-refractivity contribution is 7.89. The number of carbonyl (C=O) groups is 1. The van der Waals surface area contributed by atoms with Crippen LogP contribution in [0.25, 0.3) is 0 Å². The quantitative estimate of drug-likeness (QED) is 0.786. The second-order valence-electron chi connectivity index (χ2n) is 3.05. The third-order valence-corrected chi connectivity index (χ3v) is 3.49. The highest BCUT2D eigenvalue weighted by Gasteiger charge is 2.18. The summed E-state index contributed by atoms with van der Waals surface area (Å²) in [6.45, 7) is 3.34. The Hall–Kier alpha value is -1.20. The lowest BCUT2D eigenvalue weighted by atomic mass is 10.1. The monoisotopic (exact) mass is 227 g/mol. The molecule has 5 heteroatoms. The van der Waals surface area contributed by atoms with E-state index in [1.807, 2.05) is 0 Å². The number of hydrogen-bond acceptors (Lipinski definition) is 3. The molecule has 0 saturated heterocycles. The first-order chi connectivity index (χ1) is 6.99. The van der Waals surface area contributed by atoms with E-state index in [9.17, 15) is 13.2 Å². The molecular weight excluding hydrogens is 214 g/mol. The van der Waals surface area contributed by atoms with Crippen molar-refractivity contribution in [1.82, 2.24) is 4.72 Å². The lowest BCUT2D eigenvalue weighted by molar-refractivity contribution is 0.101. The predicted molar refractivity (Wildman–Crippen MR) is 57.3 cm³/mol. The van der Waals surface area contributed by atoms with E-state index in [1.165, 1.54) is 19.1 Å². The summed E-state index contributed by atoms with van der Waals surface area (Å²) in [6, 6.07) is 6.17. The largest absolute Gasteiger partial charge is 0.294 e. The number of rotatable bonds is 4. The number of carbonyl (C=O) groups excluding carboxylic acids is 1. The third kappa shape index (κ3) is 2.64. The first-order valence-corrected chi connectivity index (χ1v) is 6.07. The fraction of sp³-hybridized carbons (Fsp3) is 0.300. The molecule has 0 atom stereocenters. The van der Waals surface area contributed by atoms with Crippen molar-refractivity contribution in [3.8, 4) is 0 Å². The van der Waals surface area contributed by atoms with Gasteiger partial charge in [0.15, 0.2) is 5.78 Å². The summed E-state index contributed by atoms with van der Waals surface area (Å²) in [5.41, 5.74) is 0.221. The van der Waals surface area contributed by atoms with Gasteiger partial charge in [0, 0.05) is 12.1 Å². The Morgan fingerprint density at radius 3 is 2.47 bits per heavy atom. The van der Waals surface area contributed by atoms with Crippen LogP contribution in [0.15, 0.2) is 29.2 Å². The molecule has 82 valence electrons. The molecule has 0 radical (unpaired) electrons. The van der Waals surface area contributed by atoms with E-state index in [2.05, 4.69) is 4.72 Å². The van der Waals surface area contributed by atoms with Gasteiger partial charge in [-0.2, -0.15) is 0 Å². The Bertz CT molecular complexity index is 465. The topological polar surface area (TPSA) is 63.2 Å². The Balaban J connectivity index is 3.31. The maximum Gasteiger partial charge on any atom is 0.241 e. The standard InChI is InChI=1S/C10H13NO3S/c1-3-11-15(13,14)10-7-5-4-6-9(10)8(2)12/h4-7,11H,3H2,1-2H3. The second kappa shape index (κ2) is 4.55. The molecule has 0 aliphatic rings. The Kier molecular flexibility index (Phi) is 3.60. The average Bonchev–Trinajstić information content (AvgIpc) is 2.17. The molecule has 1 aromatic rings. The van der Waals surface area contributed by atoms with Crippen LogP contribution in [0.1, 0.15) is 24.2 Å². The van der Waals surface area contributed by atoms with E-state index in [0.29, 0.717) is 6.54 Å². The number of sulfonamides is 1. The molecule has 0 aliphatic heterocycles. The smallest absolute Gasteiger partial charge is 0.241 e. The van der Waals surface area contributed by atoms with Crippen LogP contribution < -0.4 is 4.72 Å². The van der Waals surface area contributed by atoms with Crippen LogP contribution in [0.4, 0.5) is 0 Å². The predicted octanol–water partition coefficient (Wildman–Crippen LogP) is 1.19. The average molecular weight is 227 g/mol. The molecule has 0 heterocycles. The molecule has 1 rings (SSSR count). The van der Waals surface area contributed by atoms with Gasteiger partial charge in [-0.1, -0.05) is 25.1 Å². The molecule has 1 aromatic carbocycles. The Morgan fingerprint density at radius 2 is 1.93 bits per heavy atom. The molecule has 0 saturated carbocycles. The van der Waals surface area contributed by atoms with Crippen molar-refractivity contribution in [2.75, 3.05) is 6.54 Å². The van der Waals surface area contributed by atoms with Crippen LogP contribution in [0.2, 0.25) is 0 Å². The van der Waals surface area contributed by atoms with Crippen molar-refractivity contribution >= 4 is 15.8 Å². The van der Waals surface area contributed by atoms with E-state index in [1.54, 1.807) is 19.1 Å². The fourth-order valence-electron chi connectivity index (χ4n) is 1.26. The van der Waals surface area contributed by atoms with Crippen LogP contribution in [-0.4, -0.2) is 20.7 Å². The summed E-state index contributed by atoms with van der Waals surface area (Å²) in [4.78, 5) is 11.3. The van der Waals surface area contributed by atoms with Gasteiger partial charge in [-0.25, -0.2) is 13.1 Å². The molecule has 4 nitrogen and oxygen atoms in total. The SMILES string of the molecule is CCNS(=O)(=O)c1ccccc1C(C)=O. The zero-order chi connectivity index (χ0) is 11.5. The van der Waals surface area contributed by atoms with E-state index < -0.39 is 10.0 Å². The van der Waals surface area contributed by atoms with Crippen LogP contribution >= 0.6 is 0 Å². The highest BCUT2D eigenvalue weighted by Crippen LogP contribution is 2.15. The van der Waals surface area contributed by atoms with Crippen LogP contribution in [-0.2, 0) is 10.0 Å². The molecule has 15 heavy (non-hydrogen) atoms. The van der Waals surface area contributed by atoms with E-state index in [0.717, 1.165) is 0 Å². The number of hydrogen-bond donors (Lipinski definition) is 1. The first-order valence-electron chi connectivity index (χ1n) is 4.58.